The Labute approximate surface area is 321 Å². The molecule has 0 aliphatic carbocycles. The zero-order valence-corrected chi connectivity index (χ0v) is 30.1. The number of rotatable bonds is 11. The lowest BCUT2D eigenvalue weighted by atomic mass is 9.89. The summed E-state index contributed by atoms with van der Waals surface area (Å²) in [6.45, 7) is -1.56. The van der Waals surface area contributed by atoms with Gasteiger partial charge in [-0.15, -0.1) is 0 Å². The van der Waals surface area contributed by atoms with Gasteiger partial charge in [-0.1, -0.05) is 0 Å². The van der Waals surface area contributed by atoms with Crippen LogP contribution in [0.2, 0.25) is 0 Å². The maximum Gasteiger partial charge on any atom is 0.330 e. The first-order valence-electron chi connectivity index (χ1n) is 17.3. The number of fused-ring (bicyclic) bond motifs is 1. The van der Waals surface area contributed by atoms with E-state index in [9.17, 15) is 60.7 Å². The second kappa shape index (κ2) is 16.9. The van der Waals surface area contributed by atoms with Crippen LogP contribution in [-0.2, 0) is 19.0 Å². The summed E-state index contributed by atoms with van der Waals surface area (Å²) in [6, 6.07) is 10.5. The van der Waals surface area contributed by atoms with Crippen molar-refractivity contribution in [2.75, 3.05) is 27.4 Å². The molecule has 57 heavy (non-hydrogen) atoms. The van der Waals surface area contributed by atoms with Gasteiger partial charge in [-0.2, -0.15) is 0 Å². The highest BCUT2D eigenvalue weighted by Crippen LogP contribution is 2.46. The predicted octanol–water partition coefficient (Wildman–Crippen LogP) is -0.448. The normalized spacial score (nSPS) is 27.7. The molecule has 306 valence electrons. The third-order valence-corrected chi connectivity index (χ3v) is 9.54. The molecule has 10 atom stereocenters. The Bertz CT molecular complexity index is 2140. The first-order chi connectivity index (χ1) is 27.2. The predicted molar refractivity (Wildman–Crippen MR) is 192 cm³/mol. The molecule has 19 heteroatoms. The minimum atomic E-state index is -2.03. The molecule has 2 aliphatic rings. The second-order valence-corrected chi connectivity index (χ2v) is 13.2. The van der Waals surface area contributed by atoms with Gasteiger partial charge in [0.1, 0.15) is 95.5 Å². The minimum Gasteiger partial charge on any atom is -0.508 e. The molecule has 10 N–H and O–H groups in total. The molecule has 0 spiro atoms. The SMILES string of the molecule is COc1cc(/C=C/C(=O)OCC2OC(Oc3cc4oc(-c5ccc(O)cc5)cc(=O)c4c(O)c3C3OC(CO)C(O)C(O)C3O)C(O)C(O)C2O)cc(OC)c1O. The van der Waals surface area contributed by atoms with Crippen LogP contribution in [0.1, 0.15) is 17.2 Å². The molecule has 2 saturated heterocycles. The van der Waals surface area contributed by atoms with E-state index >= 15 is 0 Å². The van der Waals surface area contributed by atoms with Crippen LogP contribution in [-0.4, -0.2) is 140 Å². The number of benzene rings is 3. The summed E-state index contributed by atoms with van der Waals surface area (Å²) in [5, 5.41) is 105. The van der Waals surface area contributed by atoms with Gasteiger partial charge in [0, 0.05) is 23.8 Å². The Hall–Kier alpha value is -5.48. The summed E-state index contributed by atoms with van der Waals surface area (Å²) in [4.78, 5) is 26.2. The second-order valence-electron chi connectivity index (χ2n) is 13.2. The van der Waals surface area contributed by atoms with Gasteiger partial charge in [0.25, 0.3) is 0 Å². The topological polar surface area (TPSA) is 305 Å². The summed E-state index contributed by atoms with van der Waals surface area (Å²) in [5.74, 6) is -2.60. The van der Waals surface area contributed by atoms with E-state index in [1.165, 1.54) is 56.7 Å². The molecule has 19 nitrogen and oxygen atoms in total. The summed E-state index contributed by atoms with van der Waals surface area (Å²) in [5.41, 5.74) is -0.945. The number of methoxy groups -OCH3 is 2. The molecule has 3 aromatic carbocycles. The van der Waals surface area contributed by atoms with E-state index in [2.05, 4.69) is 0 Å². The van der Waals surface area contributed by atoms with Crippen molar-refractivity contribution >= 4 is 23.0 Å². The van der Waals surface area contributed by atoms with Crippen LogP contribution in [0.4, 0.5) is 0 Å². The lowest BCUT2D eigenvalue weighted by Crippen LogP contribution is -2.60. The number of phenolic OH excluding ortho intramolecular Hbond substituents is 3. The first kappa shape index (κ1) is 41.2. The molecule has 0 amide bonds. The van der Waals surface area contributed by atoms with Crippen LogP contribution in [0.25, 0.3) is 28.4 Å². The number of hydrogen-bond acceptors (Lipinski definition) is 19. The summed E-state index contributed by atoms with van der Waals surface area (Å²) in [7, 11) is 2.64. The fourth-order valence-electron chi connectivity index (χ4n) is 6.44. The Morgan fingerprint density at radius 2 is 1.39 bits per heavy atom. The summed E-state index contributed by atoms with van der Waals surface area (Å²) in [6.07, 6.45) is -16.1. The number of ether oxygens (including phenoxy) is 6. The van der Waals surface area contributed by atoms with Gasteiger partial charge in [0.2, 0.25) is 12.0 Å². The molecule has 0 bridgehead atoms. The largest absolute Gasteiger partial charge is 0.508 e. The van der Waals surface area contributed by atoms with E-state index in [0.29, 0.717) is 11.1 Å². The van der Waals surface area contributed by atoms with Crippen molar-refractivity contribution in [1.82, 2.24) is 0 Å². The Morgan fingerprint density at radius 3 is 2.02 bits per heavy atom. The fraction of sp³-hybridized carbons (Fsp3) is 0.368. The smallest absolute Gasteiger partial charge is 0.330 e. The molecule has 4 aromatic rings. The Kier molecular flexibility index (Phi) is 12.2. The van der Waals surface area contributed by atoms with Crippen molar-refractivity contribution in [3.8, 4) is 45.8 Å². The van der Waals surface area contributed by atoms with Gasteiger partial charge in [0.15, 0.2) is 16.9 Å². The van der Waals surface area contributed by atoms with Gasteiger partial charge >= 0.3 is 5.97 Å². The van der Waals surface area contributed by atoms with Crippen LogP contribution in [0, 0.1) is 0 Å². The van der Waals surface area contributed by atoms with E-state index in [4.69, 9.17) is 32.8 Å². The molecule has 2 aliphatic heterocycles. The van der Waals surface area contributed by atoms with Gasteiger partial charge in [-0.05, 0) is 48.0 Å². The average Bonchev–Trinajstić information content (AvgIpc) is 3.19. The van der Waals surface area contributed by atoms with Crippen molar-refractivity contribution < 1.29 is 88.7 Å². The van der Waals surface area contributed by atoms with Crippen LogP contribution >= 0.6 is 0 Å². The molecule has 0 saturated carbocycles. The first-order valence-corrected chi connectivity index (χ1v) is 17.3. The number of aliphatic hydroxyl groups excluding tert-OH is 7. The van der Waals surface area contributed by atoms with Crippen LogP contribution in [0.5, 0.6) is 34.5 Å². The highest BCUT2D eigenvalue weighted by atomic mass is 16.7. The van der Waals surface area contributed by atoms with Crippen molar-refractivity contribution in [1.29, 1.82) is 0 Å². The standard InChI is InChI=1S/C38H40O19/c1-51-22-9-15(10-23(52-2)29(22)43)3-8-26(42)53-14-25-31(45)34(48)36(50)38(57-25)56-21-12-20-27(18(41)11-19(54-20)16-4-6-17(40)7-5-16)32(46)28(21)37-35(49)33(47)30(44)24(13-39)55-37/h3-12,24-25,30-31,33-40,43-50H,13-14H2,1-2H3/b8-3+. The zero-order valence-electron chi connectivity index (χ0n) is 30.1. The molecule has 3 heterocycles. The number of aromatic hydroxyl groups is 3. The van der Waals surface area contributed by atoms with Gasteiger partial charge in [-0.25, -0.2) is 4.79 Å². The number of hydrogen-bond donors (Lipinski definition) is 10. The Morgan fingerprint density at radius 1 is 0.754 bits per heavy atom. The quantitative estimate of drug-likeness (QED) is 0.0679. The zero-order chi connectivity index (χ0) is 41.3. The van der Waals surface area contributed by atoms with E-state index in [0.717, 1.165) is 18.2 Å². The molecule has 1 aromatic heterocycles. The molecular formula is C38H40O19. The van der Waals surface area contributed by atoms with Crippen LogP contribution in [0.15, 0.2) is 63.8 Å². The van der Waals surface area contributed by atoms with E-state index < -0.39 is 108 Å². The highest BCUT2D eigenvalue weighted by Gasteiger charge is 2.49. The fourth-order valence-corrected chi connectivity index (χ4v) is 6.44. The minimum absolute atomic E-state index is 0.0226. The maximum atomic E-state index is 13.5. The highest BCUT2D eigenvalue weighted by molar-refractivity contribution is 5.89. The molecule has 6 rings (SSSR count). The van der Waals surface area contributed by atoms with Crippen molar-refractivity contribution in [3.63, 3.8) is 0 Å². The van der Waals surface area contributed by atoms with Gasteiger partial charge < -0.3 is 83.9 Å². The van der Waals surface area contributed by atoms with Gasteiger partial charge in [-0.3, -0.25) is 4.79 Å². The van der Waals surface area contributed by atoms with Crippen LogP contribution < -0.4 is 19.6 Å². The van der Waals surface area contributed by atoms with Gasteiger partial charge in [0.05, 0.1) is 26.4 Å². The summed E-state index contributed by atoms with van der Waals surface area (Å²) < 4.78 is 38.7. The number of carbonyl (C=O) groups is 1. The molecule has 10 unspecified atom stereocenters. The number of phenols is 3. The third-order valence-electron chi connectivity index (χ3n) is 9.54. The number of aliphatic hydroxyl groups is 7. The average molecular weight is 801 g/mol. The number of carbonyl (C=O) groups excluding carboxylic acids is 1. The molecule has 0 radical (unpaired) electrons. The van der Waals surface area contributed by atoms with E-state index in [1.54, 1.807) is 0 Å². The molecular weight excluding hydrogens is 760 g/mol. The number of esters is 1. The Balaban J connectivity index is 1.32. The van der Waals surface area contributed by atoms with E-state index in [-0.39, 0.29) is 34.3 Å². The maximum absolute atomic E-state index is 13.5. The van der Waals surface area contributed by atoms with Crippen LogP contribution in [0.3, 0.4) is 0 Å². The van der Waals surface area contributed by atoms with Crippen molar-refractivity contribution in [2.24, 2.45) is 0 Å². The van der Waals surface area contributed by atoms with Crippen molar-refractivity contribution in [3.05, 3.63) is 76.0 Å². The molecule has 2 fully saturated rings. The van der Waals surface area contributed by atoms with Crippen molar-refractivity contribution in [2.45, 2.75) is 61.2 Å². The summed E-state index contributed by atoms with van der Waals surface area (Å²) >= 11 is 0. The lowest BCUT2D eigenvalue weighted by Gasteiger charge is -2.42. The monoisotopic (exact) mass is 800 g/mol. The van der Waals surface area contributed by atoms with E-state index in [1.807, 2.05) is 0 Å². The lowest BCUT2D eigenvalue weighted by molar-refractivity contribution is -0.279. The third kappa shape index (κ3) is 8.19.